The van der Waals surface area contributed by atoms with E-state index in [-0.39, 0.29) is 35.4 Å². The van der Waals surface area contributed by atoms with Gasteiger partial charge in [0.15, 0.2) is 0 Å². The minimum Gasteiger partial charge on any atom is -0.354 e. The number of nitrogens with zero attached hydrogens (tertiary/aromatic N) is 2. The number of rotatable bonds is 13. The summed E-state index contributed by atoms with van der Waals surface area (Å²) < 4.78 is 29.2. The molecule has 1 atom stereocenters. The molecule has 1 N–H and O–H groups in total. The van der Waals surface area contributed by atoms with Gasteiger partial charge < -0.3 is 10.2 Å². The first kappa shape index (κ1) is 32.8. The highest BCUT2D eigenvalue weighted by Gasteiger charge is 2.34. The first-order valence-corrected chi connectivity index (χ1v) is 16.4. The molecule has 0 spiro atoms. The summed E-state index contributed by atoms with van der Waals surface area (Å²) in [4.78, 5) is 29.7. The Hall–Kier alpha value is -4.14. The smallest absolute Gasteiger partial charge is 0.264 e. The van der Waals surface area contributed by atoms with Crippen molar-refractivity contribution in [1.29, 1.82) is 0 Å². The van der Waals surface area contributed by atoms with Crippen molar-refractivity contribution in [1.82, 2.24) is 10.2 Å². The second-order valence-corrected chi connectivity index (χ2v) is 13.5. The molecule has 0 saturated heterocycles. The zero-order chi connectivity index (χ0) is 31.7. The summed E-state index contributed by atoms with van der Waals surface area (Å²) >= 11 is 6.28. The highest BCUT2D eigenvalue weighted by molar-refractivity contribution is 7.92. The summed E-state index contributed by atoms with van der Waals surface area (Å²) in [7, 11) is -4.19. The van der Waals surface area contributed by atoms with Gasteiger partial charge in [-0.25, -0.2) is 8.42 Å². The number of benzene rings is 4. The van der Waals surface area contributed by atoms with Crippen LogP contribution in [0.5, 0.6) is 0 Å². The van der Waals surface area contributed by atoms with Crippen LogP contribution < -0.4 is 9.62 Å². The lowest BCUT2D eigenvalue weighted by Gasteiger charge is -2.34. The van der Waals surface area contributed by atoms with Crippen LogP contribution in [0.4, 0.5) is 5.69 Å². The third-order valence-electron chi connectivity index (χ3n) is 7.14. The maximum Gasteiger partial charge on any atom is 0.264 e. The van der Waals surface area contributed by atoms with Crippen molar-refractivity contribution in [2.24, 2.45) is 5.92 Å². The molecule has 1 unspecified atom stereocenters. The number of sulfonamides is 1. The molecule has 4 aromatic carbocycles. The average Bonchev–Trinajstić information content (AvgIpc) is 3.01. The topological polar surface area (TPSA) is 86.8 Å². The third kappa shape index (κ3) is 8.71. The number of aryl methyl sites for hydroxylation is 1. The lowest BCUT2D eigenvalue weighted by atomic mass is 10.0. The van der Waals surface area contributed by atoms with E-state index in [1.165, 1.54) is 23.1 Å². The fourth-order valence-corrected chi connectivity index (χ4v) is 6.34. The van der Waals surface area contributed by atoms with E-state index in [9.17, 15) is 18.0 Å². The fourth-order valence-electron chi connectivity index (χ4n) is 4.75. The van der Waals surface area contributed by atoms with Crippen LogP contribution in [0.15, 0.2) is 114 Å². The molecule has 0 aromatic heterocycles. The van der Waals surface area contributed by atoms with Gasteiger partial charge in [-0.15, -0.1) is 0 Å². The summed E-state index contributed by atoms with van der Waals surface area (Å²) in [5.41, 5.74) is 2.84. The standard InChI is InChI=1S/C35H38ClN3O4S/c1-26(2)23-37-35(41)33(21-28-11-6-4-7-12-28)38(24-29-13-8-5-9-14-29)34(40)25-39(31-16-10-15-30(36)22-31)44(42,43)32-19-17-27(3)18-20-32/h4-20,22,26,33H,21,23-25H2,1-3H3,(H,37,41). The number of anilines is 1. The summed E-state index contributed by atoms with van der Waals surface area (Å²) in [6, 6.07) is 30.8. The number of hydrogen-bond acceptors (Lipinski definition) is 4. The second kappa shape index (κ2) is 15.0. The Kier molecular flexibility index (Phi) is 11.2. The normalized spacial score (nSPS) is 12.0. The lowest BCUT2D eigenvalue weighted by Crippen LogP contribution is -2.53. The van der Waals surface area contributed by atoms with Gasteiger partial charge in [0.1, 0.15) is 12.6 Å². The maximum atomic E-state index is 14.4. The molecular weight excluding hydrogens is 594 g/mol. The Morgan fingerprint density at radius 3 is 2.02 bits per heavy atom. The van der Waals surface area contributed by atoms with Crippen LogP contribution in [-0.2, 0) is 32.6 Å². The second-order valence-electron chi connectivity index (χ2n) is 11.2. The summed E-state index contributed by atoms with van der Waals surface area (Å²) in [5.74, 6) is -0.625. The molecule has 0 heterocycles. The van der Waals surface area contributed by atoms with Gasteiger partial charge in [-0.2, -0.15) is 0 Å². The van der Waals surface area contributed by atoms with Gasteiger partial charge in [0, 0.05) is 24.5 Å². The van der Waals surface area contributed by atoms with Crippen LogP contribution >= 0.6 is 11.6 Å². The van der Waals surface area contributed by atoms with E-state index in [0.717, 1.165) is 21.0 Å². The minimum absolute atomic E-state index is 0.0426. The van der Waals surface area contributed by atoms with E-state index in [1.54, 1.807) is 30.3 Å². The molecule has 0 fully saturated rings. The molecule has 0 saturated carbocycles. The monoisotopic (exact) mass is 631 g/mol. The Morgan fingerprint density at radius 2 is 1.43 bits per heavy atom. The zero-order valence-electron chi connectivity index (χ0n) is 25.2. The van der Waals surface area contributed by atoms with Gasteiger partial charge in [-0.3, -0.25) is 13.9 Å². The molecule has 0 aliphatic carbocycles. The van der Waals surface area contributed by atoms with Crippen LogP contribution in [0.2, 0.25) is 5.02 Å². The van der Waals surface area contributed by atoms with Crippen LogP contribution in [0.1, 0.15) is 30.5 Å². The van der Waals surface area contributed by atoms with E-state index in [0.29, 0.717) is 11.6 Å². The first-order chi connectivity index (χ1) is 21.0. The molecule has 230 valence electrons. The van der Waals surface area contributed by atoms with Crippen LogP contribution in [0, 0.1) is 12.8 Å². The molecular formula is C35H38ClN3O4S. The van der Waals surface area contributed by atoms with Crippen molar-refractivity contribution in [2.75, 3.05) is 17.4 Å². The third-order valence-corrected chi connectivity index (χ3v) is 9.16. The van der Waals surface area contributed by atoms with Gasteiger partial charge in [-0.1, -0.05) is 110 Å². The SMILES string of the molecule is Cc1ccc(S(=O)(=O)N(CC(=O)N(Cc2ccccc2)C(Cc2ccccc2)C(=O)NCC(C)C)c2cccc(Cl)c2)cc1. The van der Waals surface area contributed by atoms with Crippen molar-refractivity contribution >= 4 is 39.1 Å². The summed E-state index contributed by atoms with van der Waals surface area (Å²) in [5, 5.41) is 3.32. The van der Waals surface area contributed by atoms with Crippen molar-refractivity contribution in [3.8, 4) is 0 Å². The predicted octanol–water partition coefficient (Wildman–Crippen LogP) is 6.26. The lowest BCUT2D eigenvalue weighted by molar-refractivity contribution is -0.140. The van der Waals surface area contributed by atoms with E-state index < -0.39 is 28.5 Å². The Morgan fingerprint density at radius 1 is 0.818 bits per heavy atom. The van der Waals surface area contributed by atoms with E-state index in [4.69, 9.17) is 11.6 Å². The minimum atomic E-state index is -4.19. The number of hydrogen-bond donors (Lipinski definition) is 1. The summed E-state index contributed by atoms with van der Waals surface area (Å²) in [6.07, 6.45) is 0.255. The number of carbonyl (C=O) groups is 2. The van der Waals surface area contributed by atoms with Crippen molar-refractivity contribution < 1.29 is 18.0 Å². The average molecular weight is 632 g/mol. The zero-order valence-corrected chi connectivity index (χ0v) is 26.8. The number of amides is 2. The molecule has 9 heteroatoms. The van der Waals surface area contributed by atoms with Gasteiger partial charge >= 0.3 is 0 Å². The fraction of sp³-hybridized carbons (Fsp3) is 0.257. The molecule has 0 radical (unpaired) electrons. The molecule has 0 bridgehead atoms. The number of carbonyl (C=O) groups excluding carboxylic acids is 2. The quantitative estimate of drug-likeness (QED) is 0.189. The van der Waals surface area contributed by atoms with Crippen molar-refractivity contribution in [3.63, 3.8) is 0 Å². The molecule has 4 aromatic rings. The van der Waals surface area contributed by atoms with Crippen molar-refractivity contribution in [2.45, 2.75) is 44.7 Å². The molecule has 2 amide bonds. The predicted molar refractivity (Wildman–Crippen MR) is 176 cm³/mol. The van der Waals surface area contributed by atoms with Gasteiger partial charge in [0.05, 0.1) is 10.6 Å². The molecule has 7 nitrogen and oxygen atoms in total. The Balaban J connectivity index is 1.78. The highest BCUT2D eigenvalue weighted by atomic mass is 35.5. The van der Waals surface area contributed by atoms with Gasteiger partial charge in [-0.05, 0) is 54.3 Å². The van der Waals surface area contributed by atoms with Crippen LogP contribution in [0.3, 0.4) is 0 Å². The molecule has 0 aliphatic heterocycles. The maximum absolute atomic E-state index is 14.4. The van der Waals surface area contributed by atoms with E-state index in [1.807, 2.05) is 81.4 Å². The molecule has 0 aliphatic rings. The van der Waals surface area contributed by atoms with Gasteiger partial charge in [0.25, 0.3) is 10.0 Å². The summed E-state index contributed by atoms with van der Waals surface area (Å²) in [6.45, 7) is 5.88. The van der Waals surface area contributed by atoms with Gasteiger partial charge in [0.2, 0.25) is 11.8 Å². The molecule has 44 heavy (non-hydrogen) atoms. The van der Waals surface area contributed by atoms with E-state index >= 15 is 0 Å². The van der Waals surface area contributed by atoms with Crippen molar-refractivity contribution in [3.05, 3.63) is 131 Å². The molecule has 4 rings (SSSR count). The largest absolute Gasteiger partial charge is 0.354 e. The Labute approximate surface area is 265 Å². The van der Waals surface area contributed by atoms with Crippen LogP contribution in [-0.4, -0.2) is 44.3 Å². The first-order valence-electron chi connectivity index (χ1n) is 14.5. The highest BCUT2D eigenvalue weighted by Crippen LogP contribution is 2.27. The Bertz CT molecular complexity index is 1650. The number of nitrogens with one attached hydrogen (secondary N) is 1. The van der Waals surface area contributed by atoms with E-state index in [2.05, 4.69) is 5.32 Å². The number of halogens is 1. The van der Waals surface area contributed by atoms with Crippen LogP contribution in [0.25, 0.3) is 0 Å².